The Bertz CT molecular complexity index is 1070. The molecular formula is C24H28N4O3. The normalized spacial score (nSPS) is 16.9. The third-order valence-electron chi connectivity index (χ3n) is 5.63. The van der Waals surface area contributed by atoms with Gasteiger partial charge in [-0.15, -0.1) is 0 Å². The molecule has 4 rings (SSSR count). The molecule has 7 nitrogen and oxygen atoms in total. The number of ether oxygens (including phenoxy) is 1. The van der Waals surface area contributed by atoms with Gasteiger partial charge in [-0.3, -0.25) is 14.7 Å². The lowest BCUT2D eigenvalue weighted by Gasteiger charge is -2.35. The lowest BCUT2D eigenvalue weighted by Crippen LogP contribution is -2.34. The van der Waals surface area contributed by atoms with E-state index in [4.69, 9.17) is 9.72 Å². The summed E-state index contributed by atoms with van der Waals surface area (Å²) in [5.41, 5.74) is 3.33. The van der Waals surface area contributed by atoms with Crippen molar-refractivity contribution in [2.75, 3.05) is 13.2 Å². The standard InChI is InChI=1S/C24H28N4O3/c1-2-31-22-9-8-17(12-19(22)16-29)15-28-11-4-3-7-21(28)20-13-23(30)27-24(26-20)18-6-5-10-25-14-18/h5-6,8-10,12-14,21,29H,2-4,7,11,15-16H2,1H3,(H,26,27,30)/t21-/m0/s1. The summed E-state index contributed by atoms with van der Waals surface area (Å²) < 4.78 is 5.60. The quantitative estimate of drug-likeness (QED) is 0.608. The number of benzene rings is 1. The van der Waals surface area contributed by atoms with Crippen LogP contribution in [0.5, 0.6) is 5.75 Å². The van der Waals surface area contributed by atoms with Crippen molar-refractivity contribution in [3.63, 3.8) is 0 Å². The van der Waals surface area contributed by atoms with Crippen molar-refractivity contribution in [3.8, 4) is 17.1 Å². The van der Waals surface area contributed by atoms with Crippen LogP contribution in [0, 0.1) is 0 Å². The molecule has 0 spiro atoms. The molecule has 7 heteroatoms. The molecule has 1 aliphatic heterocycles. The molecule has 1 fully saturated rings. The third kappa shape index (κ3) is 5.00. The Labute approximate surface area is 181 Å². The van der Waals surface area contributed by atoms with E-state index < -0.39 is 0 Å². The van der Waals surface area contributed by atoms with E-state index in [9.17, 15) is 9.90 Å². The minimum atomic E-state index is -0.155. The van der Waals surface area contributed by atoms with Gasteiger partial charge in [0.05, 0.1) is 24.9 Å². The van der Waals surface area contributed by atoms with Gasteiger partial charge in [-0.2, -0.15) is 0 Å². The first-order chi connectivity index (χ1) is 15.2. The number of rotatable bonds is 7. The molecule has 1 saturated heterocycles. The summed E-state index contributed by atoms with van der Waals surface area (Å²) in [7, 11) is 0. The van der Waals surface area contributed by atoms with Gasteiger partial charge in [-0.25, -0.2) is 4.98 Å². The van der Waals surface area contributed by atoms with Crippen LogP contribution in [0.25, 0.3) is 11.4 Å². The van der Waals surface area contributed by atoms with Gasteiger partial charge in [-0.05, 0) is 56.1 Å². The van der Waals surface area contributed by atoms with Crippen molar-refractivity contribution in [3.05, 3.63) is 76.0 Å². The Morgan fingerprint density at radius 1 is 1.26 bits per heavy atom. The molecule has 0 unspecified atom stereocenters. The van der Waals surface area contributed by atoms with E-state index in [2.05, 4.69) is 14.9 Å². The molecule has 1 atom stereocenters. The number of aromatic nitrogens is 3. The largest absolute Gasteiger partial charge is 0.494 e. The first-order valence-corrected chi connectivity index (χ1v) is 10.8. The van der Waals surface area contributed by atoms with Gasteiger partial charge in [0, 0.05) is 36.1 Å². The average Bonchev–Trinajstić information content (AvgIpc) is 2.81. The fourth-order valence-electron chi connectivity index (χ4n) is 4.19. The Kier molecular flexibility index (Phi) is 6.74. The molecule has 1 aromatic carbocycles. The Balaban J connectivity index is 1.61. The fourth-order valence-corrected chi connectivity index (χ4v) is 4.19. The van der Waals surface area contributed by atoms with Crippen LogP contribution in [-0.2, 0) is 13.2 Å². The molecule has 2 aromatic heterocycles. The van der Waals surface area contributed by atoms with Crippen LogP contribution in [0.15, 0.2) is 53.6 Å². The second-order valence-electron chi connectivity index (χ2n) is 7.78. The molecule has 3 aromatic rings. The number of H-pyrrole nitrogens is 1. The lowest BCUT2D eigenvalue weighted by atomic mass is 9.97. The molecule has 1 aliphatic rings. The highest BCUT2D eigenvalue weighted by Crippen LogP contribution is 2.32. The highest BCUT2D eigenvalue weighted by Gasteiger charge is 2.26. The molecule has 3 heterocycles. The number of aliphatic hydroxyl groups is 1. The summed E-state index contributed by atoms with van der Waals surface area (Å²) in [6.07, 6.45) is 6.57. The minimum absolute atomic E-state index is 0.0588. The Morgan fingerprint density at radius 3 is 2.94 bits per heavy atom. The first kappa shape index (κ1) is 21.2. The van der Waals surface area contributed by atoms with Crippen molar-refractivity contribution in [1.29, 1.82) is 0 Å². The molecule has 0 radical (unpaired) electrons. The monoisotopic (exact) mass is 420 g/mol. The maximum absolute atomic E-state index is 12.4. The fraction of sp³-hybridized carbons (Fsp3) is 0.375. The van der Waals surface area contributed by atoms with Gasteiger partial charge in [0.2, 0.25) is 0 Å². The van der Waals surface area contributed by atoms with Crippen molar-refractivity contribution in [2.24, 2.45) is 0 Å². The third-order valence-corrected chi connectivity index (χ3v) is 5.63. The summed E-state index contributed by atoms with van der Waals surface area (Å²) in [4.78, 5) is 26.5. The number of hydrogen-bond acceptors (Lipinski definition) is 6. The second-order valence-corrected chi connectivity index (χ2v) is 7.78. The summed E-state index contributed by atoms with van der Waals surface area (Å²) in [5, 5.41) is 9.73. The van der Waals surface area contributed by atoms with Crippen LogP contribution < -0.4 is 10.3 Å². The maximum Gasteiger partial charge on any atom is 0.251 e. The molecule has 0 bridgehead atoms. The van der Waals surface area contributed by atoms with Crippen molar-refractivity contribution in [2.45, 2.75) is 45.4 Å². The number of aliphatic hydroxyl groups excluding tert-OH is 1. The topological polar surface area (TPSA) is 91.3 Å². The summed E-state index contributed by atoms with van der Waals surface area (Å²) in [5.74, 6) is 1.27. The Hall–Kier alpha value is -3.03. The summed E-state index contributed by atoms with van der Waals surface area (Å²) in [6.45, 7) is 4.09. The zero-order valence-corrected chi connectivity index (χ0v) is 17.8. The molecule has 0 aliphatic carbocycles. The average molecular weight is 421 g/mol. The van der Waals surface area contributed by atoms with E-state index in [1.165, 1.54) is 0 Å². The molecular weight excluding hydrogens is 392 g/mol. The van der Waals surface area contributed by atoms with Crippen LogP contribution in [0.3, 0.4) is 0 Å². The highest BCUT2D eigenvalue weighted by molar-refractivity contribution is 5.52. The predicted octanol–water partition coefficient (Wildman–Crippen LogP) is 3.45. The van der Waals surface area contributed by atoms with E-state index >= 15 is 0 Å². The highest BCUT2D eigenvalue weighted by atomic mass is 16.5. The number of pyridine rings is 1. The zero-order valence-electron chi connectivity index (χ0n) is 17.8. The van der Waals surface area contributed by atoms with E-state index in [0.717, 1.165) is 60.5 Å². The van der Waals surface area contributed by atoms with Gasteiger partial charge < -0.3 is 14.8 Å². The molecule has 0 amide bonds. The van der Waals surface area contributed by atoms with Crippen LogP contribution in [0.1, 0.15) is 49.0 Å². The van der Waals surface area contributed by atoms with Crippen LogP contribution >= 0.6 is 0 Å². The van der Waals surface area contributed by atoms with Crippen LogP contribution in [-0.4, -0.2) is 38.1 Å². The molecule has 31 heavy (non-hydrogen) atoms. The van der Waals surface area contributed by atoms with E-state index in [-0.39, 0.29) is 18.2 Å². The summed E-state index contributed by atoms with van der Waals surface area (Å²) in [6, 6.07) is 11.4. The van der Waals surface area contributed by atoms with Crippen molar-refractivity contribution in [1.82, 2.24) is 19.9 Å². The second kappa shape index (κ2) is 9.85. The lowest BCUT2D eigenvalue weighted by molar-refractivity contribution is 0.137. The van der Waals surface area contributed by atoms with Gasteiger partial charge >= 0.3 is 0 Å². The number of piperidine rings is 1. The van der Waals surface area contributed by atoms with E-state index in [0.29, 0.717) is 12.4 Å². The summed E-state index contributed by atoms with van der Waals surface area (Å²) >= 11 is 0. The molecule has 0 saturated carbocycles. The zero-order chi connectivity index (χ0) is 21.6. The van der Waals surface area contributed by atoms with Crippen LogP contribution in [0.4, 0.5) is 0 Å². The first-order valence-electron chi connectivity index (χ1n) is 10.8. The number of likely N-dealkylation sites (tertiary alicyclic amines) is 1. The van der Waals surface area contributed by atoms with Crippen LogP contribution in [0.2, 0.25) is 0 Å². The number of hydrogen-bond donors (Lipinski definition) is 2. The van der Waals surface area contributed by atoms with Gasteiger partial charge in [0.25, 0.3) is 5.56 Å². The number of aromatic amines is 1. The number of nitrogens with zero attached hydrogens (tertiary/aromatic N) is 3. The smallest absolute Gasteiger partial charge is 0.251 e. The Morgan fingerprint density at radius 2 is 2.16 bits per heavy atom. The maximum atomic E-state index is 12.4. The van der Waals surface area contributed by atoms with Gasteiger partial charge in [0.1, 0.15) is 11.6 Å². The van der Waals surface area contributed by atoms with E-state index in [1.54, 1.807) is 18.5 Å². The molecule has 2 N–H and O–H groups in total. The minimum Gasteiger partial charge on any atom is -0.494 e. The number of nitrogens with one attached hydrogen (secondary N) is 1. The van der Waals surface area contributed by atoms with E-state index in [1.807, 2.05) is 37.3 Å². The molecule has 162 valence electrons. The SMILES string of the molecule is CCOc1ccc(CN2CCCC[C@H]2c2cc(=O)[nH]c(-c3cccnc3)n2)cc1CO. The van der Waals surface area contributed by atoms with Crippen molar-refractivity contribution < 1.29 is 9.84 Å². The predicted molar refractivity (Wildman–Crippen MR) is 119 cm³/mol. The van der Waals surface area contributed by atoms with Gasteiger partial charge in [-0.1, -0.05) is 12.5 Å². The van der Waals surface area contributed by atoms with Gasteiger partial charge in [0.15, 0.2) is 0 Å². The van der Waals surface area contributed by atoms with Crippen molar-refractivity contribution >= 4 is 0 Å².